The molecule has 6 nitrogen and oxygen atoms in total. The Labute approximate surface area is 147 Å². The van der Waals surface area contributed by atoms with Gasteiger partial charge in [-0.1, -0.05) is 40.0 Å². The minimum atomic E-state index is -3.11. The van der Waals surface area contributed by atoms with Crippen LogP contribution >= 0.6 is 0 Å². The molecule has 7 heteroatoms. The summed E-state index contributed by atoms with van der Waals surface area (Å²) in [6.07, 6.45) is 6.62. The molecule has 142 valence electrons. The van der Waals surface area contributed by atoms with E-state index in [4.69, 9.17) is 0 Å². The third-order valence-corrected chi connectivity index (χ3v) is 6.82. The van der Waals surface area contributed by atoms with Crippen LogP contribution in [0.5, 0.6) is 0 Å². The number of rotatable bonds is 10. The summed E-state index contributed by atoms with van der Waals surface area (Å²) in [5.41, 5.74) is 0. The van der Waals surface area contributed by atoms with Gasteiger partial charge < -0.3 is 10.6 Å². The number of carbonyl (C=O) groups is 1. The molecule has 2 amide bonds. The van der Waals surface area contributed by atoms with Gasteiger partial charge in [-0.15, -0.1) is 0 Å². The summed E-state index contributed by atoms with van der Waals surface area (Å²) in [4.78, 5) is 12.0. The normalized spacial score (nSPS) is 18.3. The van der Waals surface area contributed by atoms with Crippen molar-refractivity contribution < 1.29 is 13.2 Å². The third-order valence-electron chi connectivity index (χ3n) is 4.74. The van der Waals surface area contributed by atoms with Crippen molar-refractivity contribution in [2.24, 2.45) is 5.92 Å². The molecule has 1 aliphatic rings. The first-order chi connectivity index (χ1) is 11.4. The summed E-state index contributed by atoms with van der Waals surface area (Å²) in [6, 6.07) is -0.0615. The van der Waals surface area contributed by atoms with E-state index >= 15 is 0 Å². The van der Waals surface area contributed by atoms with Crippen LogP contribution in [0.2, 0.25) is 0 Å². The fourth-order valence-corrected chi connectivity index (χ4v) is 4.62. The molecule has 1 atom stereocenters. The van der Waals surface area contributed by atoms with Gasteiger partial charge in [0.2, 0.25) is 10.0 Å². The number of amides is 2. The van der Waals surface area contributed by atoms with E-state index in [1.165, 1.54) is 12.8 Å². The molecule has 0 spiro atoms. The van der Waals surface area contributed by atoms with Crippen LogP contribution in [-0.2, 0) is 10.0 Å². The van der Waals surface area contributed by atoms with E-state index in [0.717, 1.165) is 12.8 Å². The number of unbranched alkanes of at least 4 members (excludes halogenated alkanes) is 1. The maximum atomic E-state index is 12.0. The molecule has 0 radical (unpaired) electrons. The van der Waals surface area contributed by atoms with Crippen molar-refractivity contribution in [3.63, 3.8) is 0 Å². The van der Waals surface area contributed by atoms with Gasteiger partial charge >= 0.3 is 6.03 Å². The van der Waals surface area contributed by atoms with Gasteiger partial charge in [0.1, 0.15) is 0 Å². The Hall–Kier alpha value is -0.820. The number of piperidine rings is 1. The van der Waals surface area contributed by atoms with Crippen molar-refractivity contribution in [2.45, 2.75) is 71.8 Å². The zero-order chi connectivity index (χ0) is 18.0. The minimum absolute atomic E-state index is 0.0637. The molecule has 0 saturated carbocycles. The van der Waals surface area contributed by atoms with Gasteiger partial charge in [-0.2, -0.15) is 0 Å². The van der Waals surface area contributed by atoms with E-state index in [1.807, 2.05) is 6.92 Å². The number of nitrogens with one attached hydrogen (secondary N) is 2. The van der Waals surface area contributed by atoms with Crippen molar-refractivity contribution in [3.8, 4) is 0 Å². The fraction of sp³-hybridized carbons (Fsp3) is 0.941. The lowest BCUT2D eigenvalue weighted by molar-refractivity contribution is 0.225. The highest BCUT2D eigenvalue weighted by atomic mass is 32.2. The van der Waals surface area contributed by atoms with E-state index in [1.54, 1.807) is 4.31 Å². The molecular formula is C17H35N3O3S. The van der Waals surface area contributed by atoms with Crippen LogP contribution in [0.25, 0.3) is 0 Å². The Balaban J connectivity index is 2.30. The maximum Gasteiger partial charge on any atom is 0.315 e. The average Bonchev–Trinajstić information content (AvgIpc) is 2.55. The Morgan fingerprint density at radius 2 is 1.83 bits per heavy atom. The van der Waals surface area contributed by atoms with E-state index < -0.39 is 10.0 Å². The third kappa shape index (κ3) is 7.38. The molecule has 1 saturated heterocycles. The molecule has 1 rings (SSSR count). The second-order valence-electron chi connectivity index (χ2n) is 6.76. The Morgan fingerprint density at radius 1 is 1.17 bits per heavy atom. The smallest absolute Gasteiger partial charge is 0.315 e. The van der Waals surface area contributed by atoms with Crippen molar-refractivity contribution in [1.29, 1.82) is 0 Å². The van der Waals surface area contributed by atoms with Crippen molar-refractivity contribution in [1.82, 2.24) is 14.9 Å². The van der Waals surface area contributed by atoms with Gasteiger partial charge in [0, 0.05) is 25.7 Å². The first kappa shape index (κ1) is 21.2. The molecule has 0 aromatic heterocycles. The summed E-state index contributed by atoms with van der Waals surface area (Å²) >= 11 is 0. The summed E-state index contributed by atoms with van der Waals surface area (Å²) in [5.74, 6) is 0.749. The number of hydrogen-bond donors (Lipinski definition) is 2. The van der Waals surface area contributed by atoms with Gasteiger partial charge in [0.05, 0.1) is 5.75 Å². The predicted octanol–water partition coefficient (Wildman–Crippen LogP) is 2.71. The Kier molecular flexibility index (Phi) is 9.66. The van der Waals surface area contributed by atoms with Crippen molar-refractivity contribution in [2.75, 3.05) is 25.4 Å². The topological polar surface area (TPSA) is 78.5 Å². The van der Waals surface area contributed by atoms with Crippen LogP contribution in [-0.4, -0.2) is 50.2 Å². The monoisotopic (exact) mass is 361 g/mol. The molecule has 0 aliphatic carbocycles. The lowest BCUT2D eigenvalue weighted by atomic mass is 9.99. The molecule has 0 aromatic rings. The van der Waals surface area contributed by atoms with Crippen molar-refractivity contribution >= 4 is 16.1 Å². The average molecular weight is 362 g/mol. The standard InChI is InChI=1S/C17H35N3O3S/c1-4-7-8-15(6-3)14-18-17(21)19-16-9-11-20(12-10-16)24(22,23)13-5-2/h15-16H,4-14H2,1-3H3,(H2,18,19,21). The summed E-state index contributed by atoms with van der Waals surface area (Å²) in [5, 5.41) is 5.96. The lowest BCUT2D eigenvalue weighted by Gasteiger charge is -2.31. The van der Waals surface area contributed by atoms with Gasteiger partial charge in [-0.25, -0.2) is 17.5 Å². The Morgan fingerprint density at radius 3 is 2.38 bits per heavy atom. The van der Waals surface area contributed by atoms with Crippen LogP contribution in [0.1, 0.15) is 65.7 Å². The quantitative estimate of drug-likeness (QED) is 0.628. The minimum Gasteiger partial charge on any atom is -0.338 e. The van der Waals surface area contributed by atoms with Crippen LogP contribution in [0.15, 0.2) is 0 Å². The largest absolute Gasteiger partial charge is 0.338 e. The van der Waals surface area contributed by atoms with Crippen LogP contribution in [0.3, 0.4) is 0 Å². The highest BCUT2D eigenvalue weighted by Gasteiger charge is 2.27. The number of nitrogens with zero attached hydrogens (tertiary/aromatic N) is 1. The number of sulfonamides is 1. The number of hydrogen-bond acceptors (Lipinski definition) is 3. The van der Waals surface area contributed by atoms with E-state index in [-0.39, 0.29) is 17.8 Å². The first-order valence-corrected chi connectivity index (χ1v) is 11.1. The van der Waals surface area contributed by atoms with Gasteiger partial charge in [-0.3, -0.25) is 0 Å². The molecule has 0 aromatic carbocycles. The molecular weight excluding hydrogens is 326 g/mol. The lowest BCUT2D eigenvalue weighted by Crippen LogP contribution is -2.49. The van der Waals surface area contributed by atoms with Crippen molar-refractivity contribution in [3.05, 3.63) is 0 Å². The molecule has 2 N–H and O–H groups in total. The van der Waals surface area contributed by atoms with Gasteiger partial charge in [-0.05, 0) is 31.6 Å². The van der Waals surface area contributed by atoms with Crippen LogP contribution in [0.4, 0.5) is 4.79 Å². The maximum absolute atomic E-state index is 12.0. The second kappa shape index (κ2) is 10.9. The first-order valence-electron chi connectivity index (χ1n) is 9.45. The molecule has 24 heavy (non-hydrogen) atoms. The number of carbonyl (C=O) groups excluding carboxylic acids is 1. The fourth-order valence-electron chi connectivity index (χ4n) is 3.08. The summed E-state index contributed by atoms with van der Waals surface area (Å²) < 4.78 is 25.6. The van der Waals surface area contributed by atoms with E-state index in [0.29, 0.717) is 44.8 Å². The highest BCUT2D eigenvalue weighted by molar-refractivity contribution is 7.89. The molecule has 1 aliphatic heterocycles. The van der Waals surface area contributed by atoms with Crippen LogP contribution < -0.4 is 10.6 Å². The van der Waals surface area contributed by atoms with E-state index in [2.05, 4.69) is 24.5 Å². The highest BCUT2D eigenvalue weighted by Crippen LogP contribution is 2.15. The molecule has 0 bridgehead atoms. The molecule has 1 fully saturated rings. The zero-order valence-corrected chi connectivity index (χ0v) is 16.3. The second-order valence-corrected chi connectivity index (χ2v) is 8.85. The van der Waals surface area contributed by atoms with Gasteiger partial charge in [0.15, 0.2) is 0 Å². The molecule has 1 unspecified atom stereocenters. The predicted molar refractivity (Wildman–Crippen MR) is 98.5 cm³/mol. The van der Waals surface area contributed by atoms with E-state index in [9.17, 15) is 13.2 Å². The Bertz CT molecular complexity index is 460. The summed E-state index contributed by atoms with van der Waals surface area (Å²) in [7, 11) is -3.11. The van der Waals surface area contributed by atoms with Crippen LogP contribution in [0, 0.1) is 5.92 Å². The number of urea groups is 1. The zero-order valence-electron chi connectivity index (χ0n) is 15.5. The molecule has 1 heterocycles. The van der Waals surface area contributed by atoms with Gasteiger partial charge in [0.25, 0.3) is 0 Å². The summed E-state index contributed by atoms with van der Waals surface area (Å²) in [6.45, 7) is 7.93. The SMILES string of the molecule is CCCCC(CC)CNC(=O)NC1CCN(S(=O)(=O)CCC)CC1.